The monoisotopic (exact) mass is 306 g/mol. The van der Waals surface area contributed by atoms with Crippen LogP contribution in [-0.2, 0) is 11.2 Å². The summed E-state index contributed by atoms with van der Waals surface area (Å²) in [5, 5.41) is 6.54. The van der Waals surface area contributed by atoms with Crippen molar-refractivity contribution in [2.75, 3.05) is 24.7 Å². The third-order valence-corrected chi connectivity index (χ3v) is 6.29. The minimum absolute atomic E-state index is 0.0353. The molecule has 1 unspecified atom stereocenters. The molecular formula is C17H26N2OS. The van der Waals surface area contributed by atoms with Crippen LogP contribution in [0.3, 0.4) is 0 Å². The number of fused-ring (bicyclic) bond motifs is 1. The van der Waals surface area contributed by atoms with Gasteiger partial charge in [0.15, 0.2) is 0 Å². The molecule has 1 aromatic rings. The van der Waals surface area contributed by atoms with E-state index in [-0.39, 0.29) is 16.6 Å². The van der Waals surface area contributed by atoms with E-state index in [0.717, 1.165) is 32.4 Å². The topological polar surface area (TPSA) is 41.1 Å². The molecule has 0 aromatic heterocycles. The van der Waals surface area contributed by atoms with Crippen LogP contribution in [0.15, 0.2) is 24.3 Å². The Morgan fingerprint density at radius 1 is 1.38 bits per heavy atom. The minimum Gasteiger partial charge on any atom is -0.384 e. The molecule has 0 spiro atoms. The standard InChI is InChI=1S/C17H26N2OS/c1-4-17(5-2,21-3)12-19-16(20)14-10-13-8-6-7-9-15(13)18-11-14/h6-9,14,18H,4-5,10-12H2,1-3H3,(H,19,20). The zero-order valence-electron chi connectivity index (χ0n) is 13.2. The Balaban J connectivity index is 1.93. The Kier molecular flexibility index (Phi) is 5.57. The molecule has 0 bridgehead atoms. The Bertz CT molecular complexity index is 477. The molecule has 3 nitrogen and oxygen atoms in total. The maximum absolute atomic E-state index is 12.4. The molecule has 4 heteroatoms. The van der Waals surface area contributed by atoms with Crippen molar-refractivity contribution in [3.05, 3.63) is 29.8 Å². The predicted molar refractivity (Wildman–Crippen MR) is 92.0 cm³/mol. The van der Waals surface area contributed by atoms with E-state index in [0.29, 0.717) is 0 Å². The predicted octanol–water partition coefficient (Wildman–Crippen LogP) is 3.31. The van der Waals surface area contributed by atoms with E-state index in [1.165, 1.54) is 11.3 Å². The van der Waals surface area contributed by atoms with E-state index in [1.54, 1.807) is 0 Å². The second kappa shape index (κ2) is 7.21. The lowest BCUT2D eigenvalue weighted by Crippen LogP contribution is -2.44. The first-order valence-corrected chi connectivity index (χ1v) is 9.01. The number of thioether (sulfide) groups is 1. The first kappa shape index (κ1) is 16.2. The summed E-state index contributed by atoms with van der Waals surface area (Å²) in [6.07, 6.45) is 5.13. The third-order valence-electron chi connectivity index (χ3n) is 4.70. The van der Waals surface area contributed by atoms with Gasteiger partial charge in [-0.15, -0.1) is 0 Å². The van der Waals surface area contributed by atoms with Gasteiger partial charge in [-0.2, -0.15) is 11.8 Å². The molecule has 2 rings (SSSR count). The summed E-state index contributed by atoms with van der Waals surface area (Å²) in [6.45, 7) is 5.89. The molecule has 0 aliphatic carbocycles. The van der Waals surface area contributed by atoms with Crippen molar-refractivity contribution < 1.29 is 4.79 Å². The highest BCUT2D eigenvalue weighted by Crippen LogP contribution is 2.30. The number of amides is 1. The van der Waals surface area contributed by atoms with Crippen molar-refractivity contribution in [2.45, 2.75) is 37.9 Å². The molecule has 1 aromatic carbocycles. The summed E-state index contributed by atoms with van der Waals surface area (Å²) in [7, 11) is 0. The van der Waals surface area contributed by atoms with Crippen LogP contribution in [-0.4, -0.2) is 30.0 Å². The third kappa shape index (κ3) is 3.73. The minimum atomic E-state index is 0.0353. The highest BCUT2D eigenvalue weighted by molar-refractivity contribution is 8.00. The number of benzene rings is 1. The summed E-state index contributed by atoms with van der Waals surface area (Å²) < 4.78 is 0.176. The number of rotatable bonds is 6. The molecular weight excluding hydrogens is 280 g/mol. The first-order valence-electron chi connectivity index (χ1n) is 7.78. The molecule has 0 saturated heterocycles. The summed E-state index contributed by atoms with van der Waals surface area (Å²) in [5.41, 5.74) is 2.41. The number of para-hydroxylation sites is 1. The molecule has 0 fully saturated rings. The molecule has 21 heavy (non-hydrogen) atoms. The lowest BCUT2D eigenvalue weighted by molar-refractivity contribution is -0.124. The van der Waals surface area contributed by atoms with Crippen molar-refractivity contribution >= 4 is 23.4 Å². The van der Waals surface area contributed by atoms with Gasteiger partial charge in [-0.3, -0.25) is 4.79 Å². The Morgan fingerprint density at radius 3 is 2.76 bits per heavy atom. The van der Waals surface area contributed by atoms with E-state index in [9.17, 15) is 4.79 Å². The van der Waals surface area contributed by atoms with Crippen LogP contribution in [0.1, 0.15) is 32.3 Å². The largest absolute Gasteiger partial charge is 0.384 e. The average molecular weight is 306 g/mol. The van der Waals surface area contributed by atoms with Crippen LogP contribution in [0.25, 0.3) is 0 Å². The van der Waals surface area contributed by atoms with Gasteiger partial charge in [0.2, 0.25) is 5.91 Å². The second-order valence-corrected chi connectivity index (χ2v) is 7.03. The Hall–Kier alpha value is -1.16. The first-order chi connectivity index (χ1) is 10.1. The zero-order valence-corrected chi connectivity index (χ0v) is 14.1. The van der Waals surface area contributed by atoms with E-state index in [2.05, 4.69) is 42.9 Å². The fourth-order valence-electron chi connectivity index (χ4n) is 2.88. The van der Waals surface area contributed by atoms with Crippen molar-refractivity contribution in [3.63, 3.8) is 0 Å². The van der Waals surface area contributed by atoms with Gasteiger partial charge in [0.1, 0.15) is 0 Å². The molecule has 1 aliphatic heterocycles. The number of carbonyl (C=O) groups is 1. The fraction of sp³-hybridized carbons (Fsp3) is 0.588. The van der Waals surface area contributed by atoms with Gasteiger partial charge in [-0.05, 0) is 37.1 Å². The number of hydrogen-bond acceptors (Lipinski definition) is 3. The summed E-state index contributed by atoms with van der Waals surface area (Å²) in [4.78, 5) is 12.4. The number of hydrogen-bond donors (Lipinski definition) is 2. The molecule has 1 aliphatic rings. The SMILES string of the molecule is CCC(CC)(CNC(=O)C1CNc2ccccc2C1)SC. The van der Waals surface area contributed by atoms with Crippen LogP contribution in [0.4, 0.5) is 5.69 Å². The van der Waals surface area contributed by atoms with Gasteiger partial charge < -0.3 is 10.6 Å². The van der Waals surface area contributed by atoms with Crippen LogP contribution < -0.4 is 10.6 Å². The molecule has 1 amide bonds. The maximum Gasteiger partial charge on any atom is 0.225 e. The molecule has 0 radical (unpaired) electrons. The van der Waals surface area contributed by atoms with E-state index in [1.807, 2.05) is 23.9 Å². The Labute approximate surface area is 132 Å². The second-order valence-electron chi connectivity index (χ2n) is 5.75. The number of carbonyl (C=O) groups excluding carboxylic acids is 1. The van der Waals surface area contributed by atoms with Crippen LogP contribution in [0.5, 0.6) is 0 Å². The summed E-state index contributed by atoms with van der Waals surface area (Å²) in [5.74, 6) is 0.213. The van der Waals surface area contributed by atoms with Gasteiger partial charge in [-0.1, -0.05) is 32.0 Å². The molecule has 1 heterocycles. The maximum atomic E-state index is 12.4. The summed E-state index contributed by atoms with van der Waals surface area (Å²) >= 11 is 1.86. The van der Waals surface area contributed by atoms with Gasteiger partial charge in [0, 0.05) is 23.5 Å². The van der Waals surface area contributed by atoms with Crippen molar-refractivity contribution in [1.82, 2.24) is 5.32 Å². The Morgan fingerprint density at radius 2 is 2.10 bits per heavy atom. The van der Waals surface area contributed by atoms with Crippen LogP contribution >= 0.6 is 11.8 Å². The van der Waals surface area contributed by atoms with Crippen molar-refractivity contribution in [1.29, 1.82) is 0 Å². The van der Waals surface area contributed by atoms with Crippen molar-refractivity contribution in [2.24, 2.45) is 5.92 Å². The molecule has 0 saturated carbocycles. The van der Waals surface area contributed by atoms with Crippen LogP contribution in [0.2, 0.25) is 0 Å². The van der Waals surface area contributed by atoms with Gasteiger partial charge >= 0.3 is 0 Å². The number of nitrogens with one attached hydrogen (secondary N) is 2. The lowest BCUT2D eigenvalue weighted by atomic mass is 9.93. The fourth-order valence-corrected chi connectivity index (χ4v) is 3.67. The van der Waals surface area contributed by atoms with Gasteiger partial charge in [0.25, 0.3) is 0 Å². The van der Waals surface area contributed by atoms with Gasteiger partial charge in [0.05, 0.1) is 5.92 Å². The van der Waals surface area contributed by atoms with Crippen molar-refractivity contribution in [3.8, 4) is 0 Å². The molecule has 116 valence electrons. The van der Waals surface area contributed by atoms with E-state index < -0.39 is 0 Å². The quantitative estimate of drug-likeness (QED) is 0.847. The van der Waals surface area contributed by atoms with Gasteiger partial charge in [-0.25, -0.2) is 0 Å². The normalized spacial score (nSPS) is 17.8. The lowest BCUT2D eigenvalue weighted by Gasteiger charge is -2.31. The highest BCUT2D eigenvalue weighted by Gasteiger charge is 2.28. The molecule has 2 N–H and O–H groups in total. The van der Waals surface area contributed by atoms with E-state index in [4.69, 9.17) is 0 Å². The average Bonchev–Trinajstić information content (AvgIpc) is 2.56. The number of anilines is 1. The van der Waals surface area contributed by atoms with Crippen LogP contribution in [0, 0.1) is 5.92 Å². The smallest absolute Gasteiger partial charge is 0.225 e. The zero-order chi connectivity index (χ0) is 15.3. The highest BCUT2D eigenvalue weighted by atomic mass is 32.2. The molecule has 1 atom stereocenters. The summed E-state index contributed by atoms with van der Waals surface area (Å²) in [6, 6.07) is 8.25. The van der Waals surface area contributed by atoms with E-state index >= 15 is 0 Å².